The second-order valence-electron chi connectivity index (χ2n) is 6.50. The number of halogens is 1. The van der Waals surface area contributed by atoms with Gasteiger partial charge in [-0.15, -0.1) is 0 Å². The van der Waals surface area contributed by atoms with E-state index >= 15 is 0 Å². The van der Waals surface area contributed by atoms with Gasteiger partial charge in [-0.25, -0.2) is 12.8 Å². The molecular formula is C19H21FN4O4S2. The number of nitrogens with zero attached hydrogens (tertiary/aromatic N) is 1. The minimum atomic E-state index is -3.86. The van der Waals surface area contributed by atoms with Crippen molar-refractivity contribution in [3.8, 4) is 5.75 Å². The predicted molar refractivity (Wildman–Crippen MR) is 114 cm³/mol. The Bertz CT molecular complexity index is 1030. The normalized spacial score (nSPS) is 16.7. The third-order valence-electron chi connectivity index (χ3n) is 4.59. The van der Waals surface area contributed by atoms with Crippen molar-refractivity contribution < 1.29 is 22.3 Å². The maximum Gasteiger partial charge on any atom is 0.256 e. The zero-order valence-electron chi connectivity index (χ0n) is 16.1. The Morgan fingerprint density at radius 3 is 2.53 bits per heavy atom. The van der Waals surface area contributed by atoms with Crippen LogP contribution in [0, 0.1) is 5.82 Å². The summed E-state index contributed by atoms with van der Waals surface area (Å²) in [6.07, 6.45) is 0.918. The highest BCUT2D eigenvalue weighted by molar-refractivity contribution is 7.89. The van der Waals surface area contributed by atoms with Crippen LogP contribution in [-0.4, -0.2) is 43.4 Å². The van der Waals surface area contributed by atoms with Crippen LogP contribution in [-0.2, 0) is 14.8 Å². The summed E-state index contributed by atoms with van der Waals surface area (Å²) in [5.74, 6) is -0.521. The van der Waals surface area contributed by atoms with Crippen LogP contribution in [0.2, 0.25) is 0 Å². The molecule has 0 bridgehead atoms. The number of anilines is 1. The monoisotopic (exact) mass is 452 g/mol. The van der Waals surface area contributed by atoms with Gasteiger partial charge in [0.2, 0.25) is 10.0 Å². The fourth-order valence-electron chi connectivity index (χ4n) is 3.09. The summed E-state index contributed by atoms with van der Waals surface area (Å²) in [7, 11) is -2.37. The lowest BCUT2D eigenvalue weighted by atomic mass is 10.2. The van der Waals surface area contributed by atoms with Gasteiger partial charge in [0.15, 0.2) is 5.11 Å². The largest absolute Gasteiger partial charge is 0.497 e. The summed E-state index contributed by atoms with van der Waals surface area (Å²) in [5.41, 5.74) is 5.02. The highest BCUT2D eigenvalue weighted by Gasteiger charge is 2.39. The second kappa shape index (κ2) is 9.37. The summed E-state index contributed by atoms with van der Waals surface area (Å²) >= 11 is 5.04. The van der Waals surface area contributed by atoms with Gasteiger partial charge in [-0.2, -0.15) is 4.31 Å². The molecule has 0 radical (unpaired) electrons. The van der Waals surface area contributed by atoms with E-state index in [1.165, 1.54) is 41.7 Å². The number of para-hydroxylation sites is 1. The lowest BCUT2D eigenvalue weighted by Crippen LogP contribution is -2.52. The number of methoxy groups -OCH3 is 1. The molecule has 0 saturated carbocycles. The van der Waals surface area contributed by atoms with E-state index in [0.717, 1.165) is 0 Å². The van der Waals surface area contributed by atoms with Crippen LogP contribution in [0.1, 0.15) is 12.8 Å². The van der Waals surface area contributed by atoms with Gasteiger partial charge in [-0.1, -0.05) is 12.1 Å². The van der Waals surface area contributed by atoms with Crippen LogP contribution in [0.5, 0.6) is 5.75 Å². The fraction of sp³-hybridized carbons (Fsp3) is 0.263. The maximum absolute atomic E-state index is 13.7. The third kappa shape index (κ3) is 4.86. The Morgan fingerprint density at radius 1 is 1.17 bits per heavy atom. The third-order valence-corrected chi connectivity index (χ3v) is 6.72. The van der Waals surface area contributed by atoms with Gasteiger partial charge in [0.25, 0.3) is 5.91 Å². The standard InChI is InChI=1S/C19H21FN4O4S2/c1-28-13-8-10-14(11-9-13)30(26,27)24-12-4-7-17(24)18(25)22-23-19(29)21-16-6-3-2-5-15(16)20/h2-3,5-6,8-11,17H,4,7,12H2,1H3,(H,22,25)(H2,21,23,29)/t17-/m1/s1. The van der Waals surface area contributed by atoms with Crippen molar-refractivity contribution in [1.82, 2.24) is 15.2 Å². The molecule has 0 aliphatic carbocycles. The van der Waals surface area contributed by atoms with Crippen molar-refractivity contribution in [1.29, 1.82) is 0 Å². The zero-order valence-corrected chi connectivity index (χ0v) is 17.7. The van der Waals surface area contributed by atoms with Gasteiger partial charge in [0, 0.05) is 6.54 Å². The predicted octanol–water partition coefficient (Wildman–Crippen LogP) is 2.01. The number of ether oxygens (including phenoxy) is 1. The van der Waals surface area contributed by atoms with E-state index in [1.807, 2.05) is 0 Å². The van der Waals surface area contributed by atoms with Crippen molar-refractivity contribution in [2.45, 2.75) is 23.8 Å². The van der Waals surface area contributed by atoms with E-state index in [0.29, 0.717) is 18.6 Å². The number of carbonyl (C=O) groups is 1. The number of benzene rings is 2. The highest BCUT2D eigenvalue weighted by atomic mass is 32.2. The molecule has 1 saturated heterocycles. The molecule has 1 atom stereocenters. The van der Waals surface area contributed by atoms with Crippen molar-refractivity contribution in [2.75, 3.05) is 19.0 Å². The molecule has 1 heterocycles. The molecule has 2 aromatic carbocycles. The van der Waals surface area contributed by atoms with Crippen LogP contribution in [0.25, 0.3) is 0 Å². The Labute approximate surface area is 179 Å². The summed E-state index contributed by atoms with van der Waals surface area (Å²) in [6, 6.07) is 11.0. The number of hydrogen-bond acceptors (Lipinski definition) is 5. The Kier molecular flexibility index (Phi) is 6.85. The quantitative estimate of drug-likeness (QED) is 0.471. The van der Waals surface area contributed by atoms with Crippen LogP contribution >= 0.6 is 12.2 Å². The smallest absolute Gasteiger partial charge is 0.256 e. The molecule has 1 fully saturated rings. The molecule has 1 amide bonds. The second-order valence-corrected chi connectivity index (χ2v) is 8.80. The van der Waals surface area contributed by atoms with Crippen molar-refractivity contribution in [3.05, 3.63) is 54.3 Å². The molecule has 30 heavy (non-hydrogen) atoms. The fourth-order valence-corrected chi connectivity index (χ4v) is 4.91. The number of nitrogens with one attached hydrogen (secondary N) is 3. The maximum atomic E-state index is 13.7. The zero-order chi connectivity index (χ0) is 21.7. The molecule has 8 nitrogen and oxygen atoms in total. The van der Waals surface area contributed by atoms with E-state index in [1.54, 1.807) is 18.2 Å². The Balaban J connectivity index is 1.63. The van der Waals surface area contributed by atoms with Crippen molar-refractivity contribution in [2.24, 2.45) is 0 Å². The van der Waals surface area contributed by atoms with Crippen molar-refractivity contribution in [3.63, 3.8) is 0 Å². The van der Waals surface area contributed by atoms with Crippen LogP contribution in [0.4, 0.5) is 10.1 Å². The first-order valence-electron chi connectivity index (χ1n) is 9.10. The summed E-state index contributed by atoms with van der Waals surface area (Å²) < 4.78 is 45.8. The van der Waals surface area contributed by atoms with Gasteiger partial charge in [0.05, 0.1) is 17.7 Å². The number of carbonyl (C=O) groups excluding carboxylic acids is 1. The number of amides is 1. The molecule has 1 aliphatic heterocycles. The number of hydrazine groups is 1. The average Bonchev–Trinajstić information content (AvgIpc) is 3.25. The topological polar surface area (TPSA) is 99.8 Å². The lowest BCUT2D eigenvalue weighted by molar-refractivity contribution is -0.124. The summed E-state index contributed by atoms with van der Waals surface area (Å²) in [4.78, 5) is 12.7. The average molecular weight is 453 g/mol. The van der Waals surface area contributed by atoms with Gasteiger partial charge in [-0.05, 0) is 61.5 Å². The minimum Gasteiger partial charge on any atom is -0.497 e. The first-order chi connectivity index (χ1) is 14.3. The molecule has 2 aromatic rings. The minimum absolute atomic E-state index is 0.0315. The molecule has 3 N–H and O–H groups in total. The molecule has 0 spiro atoms. The van der Waals surface area contributed by atoms with Gasteiger partial charge in [0.1, 0.15) is 17.6 Å². The van der Waals surface area contributed by atoms with E-state index < -0.39 is 27.8 Å². The Hall–Kier alpha value is -2.76. The Morgan fingerprint density at radius 2 is 1.87 bits per heavy atom. The molecular weight excluding hydrogens is 431 g/mol. The molecule has 0 unspecified atom stereocenters. The molecule has 0 aromatic heterocycles. The number of rotatable bonds is 5. The van der Waals surface area contributed by atoms with Crippen molar-refractivity contribution >= 4 is 38.9 Å². The van der Waals surface area contributed by atoms with E-state index in [2.05, 4.69) is 16.2 Å². The SMILES string of the molecule is COc1ccc(S(=O)(=O)N2CCC[C@@H]2C(=O)NNC(=S)Nc2ccccc2F)cc1. The lowest BCUT2D eigenvalue weighted by Gasteiger charge is -2.24. The van der Waals surface area contributed by atoms with Gasteiger partial charge < -0.3 is 10.1 Å². The van der Waals surface area contributed by atoms with Gasteiger partial charge in [-0.3, -0.25) is 15.6 Å². The number of sulfonamides is 1. The first-order valence-corrected chi connectivity index (χ1v) is 10.9. The summed E-state index contributed by atoms with van der Waals surface area (Å²) in [5, 5.41) is 2.59. The van der Waals surface area contributed by atoms with Crippen LogP contribution < -0.4 is 20.9 Å². The van der Waals surface area contributed by atoms with Crippen LogP contribution in [0.15, 0.2) is 53.4 Å². The molecule has 160 valence electrons. The van der Waals surface area contributed by atoms with Crippen LogP contribution in [0.3, 0.4) is 0 Å². The summed E-state index contributed by atoms with van der Waals surface area (Å²) in [6.45, 7) is 0.227. The first kappa shape index (κ1) is 21.9. The molecule has 3 rings (SSSR count). The van der Waals surface area contributed by atoms with Gasteiger partial charge >= 0.3 is 0 Å². The molecule has 11 heteroatoms. The number of hydrogen-bond donors (Lipinski definition) is 3. The van der Waals surface area contributed by atoms with E-state index in [4.69, 9.17) is 17.0 Å². The van der Waals surface area contributed by atoms with E-state index in [9.17, 15) is 17.6 Å². The number of thiocarbonyl (C=S) groups is 1. The van der Waals surface area contributed by atoms with E-state index in [-0.39, 0.29) is 22.2 Å². The highest BCUT2D eigenvalue weighted by Crippen LogP contribution is 2.27. The molecule has 1 aliphatic rings.